The number of amides is 1. The van der Waals surface area contributed by atoms with Gasteiger partial charge in [-0.05, 0) is 59.5 Å². The molecule has 1 amide bonds. The fourth-order valence-electron chi connectivity index (χ4n) is 2.47. The van der Waals surface area contributed by atoms with Crippen molar-refractivity contribution in [3.63, 3.8) is 0 Å². The Balaban J connectivity index is 1.59. The summed E-state index contributed by atoms with van der Waals surface area (Å²) in [7, 11) is 0. The van der Waals surface area contributed by atoms with Gasteiger partial charge < -0.3 is 20.1 Å². The molecule has 0 aromatic carbocycles. The molecule has 110 valence electrons. The molecule has 5 heteroatoms. The van der Waals surface area contributed by atoms with E-state index in [0.717, 1.165) is 38.8 Å². The van der Waals surface area contributed by atoms with Crippen LogP contribution in [0, 0.1) is 0 Å². The average Bonchev–Trinajstić information content (AvgIpc) is 2.25. The first-order valence-electron chi connectivity index (χ1n) is 7.28. The lowest BCUT2D eigenvalue weighted by Crippen LogP contribution is -2.50. The normalized spacial score (nSPS) is 28.6. The van der Waals surface area contributed by atoms with Crippen LogP contribution in [0.2, 0.25) is 0 Å². The largest absolute Gasteiger partial charge is 0.444 e. The van der Waals surface area contributed by atoms with Crippen molar-refractivity contribution in [1.29, 1.82) is 0 Å². The standard InChI is InChI=1S/C14H26N2O3/c1-14(2,3)19-13(17)16-10-8-12(9-10)18-11-4-6-15-7-5-11/h10-12,15H,4-9H2,1-3H3,(H,16,17). The molecule has 1 heterocycles. The average molecular weight is 270 g/mol. The molecule has 2 aliphatic rings. The van der Waals surface area contributed by atoms with E-state index in [2.05, 4.69) is 10.6 Å². The maximum atomic E-state index is 11.6. The van der Waals surface area contributed by atoms with Gasteiger partial charge in [0.15, 0.2) is 0 Å². The van der Waals surface area contributed by atoms with Crippen LogP contribution in [-0.4, -0.2) is 43.0 Å². The van der Waals surface area contributed by atoms with E-state index in [9.17, 15) is 4.79 Å². The molecule has 1 aliphatic heterocycles. The molecule has 19 heavy (non-hydrogen) atoms. The Morgan fingerprint density at radius 1 is 1.16 bits per heavy atom. The third kappa shape index (κ3) is 4.99. The van der Waals surface area contributed by atoms with Crippen molar-refractivity contribution in [2.24, 2.45) is 0 Å². The first-order valence-corrected chi connectivity index (χ1v) is 7.28. The second kappa shape index (κ2) is 6.09. The Bertz CT molecular complexity index is 302. The summed E-state index contributed by atoms with van der Waals surface area (Å²) in [4.78, 5) is 11.6. The number of ether oxygens (including phenoxy) is 2. The molecule has 0 unspecified atom stereocenters. The molecule has 0 aromatic rings. The summed E-state index contributed by atoms with van der Waals surface area (Å²) in [6.07, 6.45) is 4.39. The van der Waals surface area contributed by atoms with Crippen LogP contribution >= 0.6 is 0 Å². The van der Waals surface area contributed by atoms with E-state index in [-0.39, 0.29) is 12.1 Å². The fraction of sp³-hybridized carbons (Fsp3) is 0.929. The Morgan fingerprint density at radius 3 is 2.37 bits per heavy atom. The van der Waals surface area contributed by atoms with Gasteiger partial charge in [0, 0.05) is 6.04 Å². The first kappa shape index (κ1) is 14.6. The van der Waals surface area contributed by atoms with Gasteiger partial charge in [0.05, 0.1) is 12.2 Å². The molecular weight excluding hydrogens is 244 g/mol. The van der Waals surface area contributed by atoms with E-state index in [1.807, 2.05) is 20.8 Å². The lowest BCUT2D eigenvalue weighted by atomic mass is 9.89. The van der Waals surface area contributed by atoms with Crippen LogP contribution < -0.4 is 10.6 Å². The predicted molar refractivity (Wildman–Crippen MR) is 73.2 cm³/mol. The number of alkyl carbamates (subject to hydrolysis) is 1. The Morgan fingerprint density at radius 2 is 1.79 bits per heavy atom. The third-order valence-electron chi connectivity index (χ3n) is 3.49. The maximum Gasteiger partial charge on any atom is 0.407 e. The predicted octanol–water partition coefficient (Wildman–Crippen LogP) is 1.81. The van der Waals surface area contributed by atoms with Gasteiger partial charge in [-0.1, -0.05) is 0 Å². The zero-order chi connectivity index (χ0) is 13.9. The van der Waals surface area contributed by atoms with Crippen LogP contribution in [0.3, 0.4) is 0 Å². The Hall–Kier alpha value is -0.810. The molecule has 2 fully saturated rings. The van der Waals surface area contributed by atoms with Crippen LogP contribution in [0.5, 0.6) is 0 Å². The van der Waals surface area contributed by atoms with E-state index in [4.69, 9.17) is 9.47 Å². The number of carbonyl (C=O) groups is 1. The lowest BCUT2D eigenvalue weighted by Gasteiger charge is -2.38. The number of nitrogens with one attached hydrogen (secondary N) is 2. The Kier molecular flexibility index (Phi) is 4.68. The lowest BCUT2D eigenvalue weighted by molar-refractivity contribution is -0.0741. The summed E-state index contributed by atoms with van der Waals surface area (Å²) < 4.78 is 11.2. The molecule has 0 radical (unpaired) electrons. The number of carbonyl (C=O) groups excluding carboxylic acids is 1. The van der Waals surface area contributed by atoms with Crippen molar-refractivity contribution in [1.82, 2.24) is 10.6 Å². The number of piperidine rings is 1. The molecule has 0 bridgehead atoms. The minimum atomic E-state index is -0.432. The smallest absolute Gasteiger partial charge is 0.407 e. The van der Waals surface area contributed by atoms with Gasteiger partial charge >= 0.3 is 6.09 Å². The van der Waals surface area contributed by atoms with E-state index < -0.39 is 5.60 Å². The van der Waals surface area contributed by atoms with Crippen LogP contribution in [0.15, 0.2) is 0 Å². The summed E-state index contributed by atoms with van der Waals surface area (Å²) in [5.74, 6) is 0. The zero-order valence-electron chi connectivity index (χ0n) is 12.2. The van der Waals surface area contributed by atoms with Crippen molar-refractivity contribution in [3.05, 3.63) is 0 Å². The quantitative estimate of drug-likeness (QED) is 0.821. The highest BCUT2D eigenvalue weighted by Crippen LogP contribution is 2.26. The van der Waals surface area contributed by atoms with Crippen molar-refractivity contribution in [3.8, 4) is 0 Å². The number of rotatable bonds is 3. The topological polar surface area (TPSA) is 59.6 Å². The molecule has 0 atom stereocenters. The highest BCUT2D eigenvalue weighted by molar-refractivity contribution is 5.68. The SMILES string of the molecule is CC(C)(C)OC(=O)NC1CC(OC2CCNCC2)C1. The summed E-state index contributed by atoms with van der Waals surface area (Å²) in [5, 5.41) is 6.21. The van der Waals surface area contributed by atoms with Crippen molar-refractivity contribution in [2.45, 2.75) is 70.3 Å². The number of hydrogen-bond donors (Lipinski definition) is 2. The molecule has 1 saturated heterocycles. The minimum Gasteiger partial charge on any atom is -0.444 e. The van der Waals surface area contributed by atoms with E-state index in [1.165, 1.54) is 0 Å². The molecule has 2 rings (SSSR count). The molecule has 1 aliphatic carbocycles. The molecular formula is C14H26N2O3. The van der Waals surface area contributed by atoms with Gasteiger partial charge in [-0.3, -0.25) is 0 Å². The summed E-state index contributed by atoms with van der Waals surface area (Å²) in [5.41, 5.74) is -0.432. The van der Waals surface area contributed by atoms with E-state index in [0.29, 0.717) is 12.2 Å². The van der Waals surface area contributed by atoms with Crippen LogP contribution in [0.4, 0.5) is 4.79 Å². The number of hydrogen-bond acceptors (Lipinski definition) is 4. The van der Waals surface area contributed by atoms with Gasteiger partial charge in [-0.15, -0.1) is 0 Å². The van der Waals surface area contributed by atoms with Crippen molar-refractivity contribution < 1.29 is 14.3 Å². The third-order valence-corrected chi connectivity index (χ3v) is 3.49. The molecule has 2 N–H and O–H groups in total. The van der Waals surface area contributed by atoms with Gasteiger partial charge in [-0.25, -0.2) is 4.79 Å². The molecule has 1 saturated carbocycles. The van der Waals surface area contributed by atoms with Crippen LogP contribution in [-0.2, 0) is 9.47 Å². The highest BCUT2D eigenvalue weighted by Gasteiger charge is 2.34. The van der Waals surface area contributed by atoms with Crippen LogP contribution in [0.1, 0.15) is 46.5 Å². The summed E-state index contributed by atoms with van der Waals surface area (Å²) >= 11 is 0. The Labute approximate surface area is 115 Å². The van der Waals surface area contributed by atoms with Gasteiger partial charge in [0.25, 0.3) is 0 Å². The zero-order valence-corrected chi connectivity index (χ0v) is 12.2. The summed E-state index contributed by atoms with van der Waals surface area (Å²) in [6.45, 7) is 7.72. The monoisotopic (exact) mass is 270 g/mol. The highest BCUT2D eigenvalue weighted by atomic mass is 16.6. The van der Waals surface area contributed by atoms with Gasteiger partial charge in [0.2, 0.25) is 0 Å². The maximum absolute atomic E-state index is 11.6. The van der Waals surface area contributed by atoms with Gasteiger partial charge in [-0.2, -0.15) is 0 Å². The fourth-order valence-corrected chi connectivity index (χ4v) is 2.47. The molecule has 0 aromatic heterocycles. The molecule has 5 nitrogen and oxygen atoms in total. The van der Waals surface area contributed by atoms with E-state index >= 15 is 0 Å². The van der Waals surface area contributed by atoms with E-state index in [1.54, 1.807) is 0 Å². The second-order valence-corrected chi connectivity index (χ2v) is 6.52. The van der Waals surface area contributed by atoms with Crippen molar-refractivity contribution >= 4 is 6.09 Å². The minimum absolute atomic E-state index is 0.210. The first-order chi connectivity index (χ1) is 8.92. The summed E-state index contributed by atoms with van der Waals surface area (Å²) in [6, 6.07) is 0.210. The molecule has 0 spiro atoms. The van der Waals surface area contributed by atoms with Crippen LogP contribution in [0.25, 0.3) is 0 Å². The second-order valence-electron chi connectivity index (χ2n) is 6.52. The van der Waals surface area contributed by atoms with Gasteiger partial charge in [0.1, 0.15) is 5.60 Å². The van der Waals surface area contributed by atoms with Crippen molar-refractivity contribution in [2.75, 3.05) is 13.1 Å².